The van der Waals surface area contributed by atoms with Gasteiger partial charge in [0.25, 0.3) is 5.91 Å². The molecule has 0 aliphatic carbocycles. The summed E-state index contributed by atoms with van der Waals surface area (Å²) in [5.74, 6) is 0.721. The van der Waals surface area contributed by atoms with E-state index in [9.17, 15) is 13.2 Å². The molecule has 5 nitrogen and oxygen atoms in total. The molecule has 2 fully saturated rings. The van der Waals surface area contributed by atoms with E-state index in [4.69, 9.17) is 39.8 Å². The first-order valence-corrected chi connectivity index (χ1v) is 12.1. The maximum atomic E-state index is 12.8. The van der Waals surface area contributed by atoms with Crippen LogP contribution in [0.3, 0.4) is 0 Å². The standard InChI is InChI=1S/C18H13Cl2NO4S3/c19-10-1-3-14(20)13(7-10)15-4-2-12(25-15)8-16-17(22)21(18(26)27-16)11-5-6-28(23,24)9-11/h1-4,7-8,11H,5-6,9H2/b16-8+. The Morgan fingerprint density at radius 2 is 2.04 bits per heavy atom. The highest BCUT2D eigenvalue weighted by Crippen LogP contribution is 2.37. The number of benzene rings is 1. The molecule has 3 heterocycles. The topological polar surface area (TPSA) is 67.6 Å². The van der Waals surface area contributed by atoms with Crippen molar-refractivity contribution in [3.63, 3.8) is 0 Å². The monoisotopic (exact) mass is 473 g/mol. The van der Waals surface area contributed by atoms with E-state index in [0.717, 1.165) is 11.8 Å². The van der Waals surface area contributed by atoms with Crippen LogP contribution in [0.4, 0.5) is 0 Å². The van der Waals surface area contributed by atoms with Gasteiger partial charge in [0.1, 0.15) is 15.8 Å². The summed E-state index contributed by atoms with van der Waals surface area (Å²) >= 11 is 18.7. The predicted octanol–water partition coefficient (Wildman–Crippen LogP) is 4.64. The van der Waals surface area contributed by atoms with Gasteiger partial charge in [-0.1, -0.05) is 47.2 Å². The number of hydrogen-bond donors (Lipinski definition) is 0. The summed E-state index contributed by atoms with van der Waals surface area (Å²) in [7, 11) is -3.12. The van der Waals surface area contributed by atoms with Crippen molar-refractivity contribution in [3.05, 3.63) is 51.0 Å². The second-order valence-corrected chi connectivity index (χ2v) is 11.2. The molecule has 0 radical (unpaired) electrons. The molecular formula is C18H13Cl2NO4S3. The number of sulfone groups is 1. The van der Waals surface area contributed by atoms with Crippen molar-refractivity contribution >= 4 is 73.3 Å². The highest BCUT2D eigenvalue weighted by molar-refractivity contribution is 8.26. The van der Waals surface area contributed by atoms with Gasteiger partial charge in [-0.3, -0.25) is 9.69 Å². The average Bonchev–Trinajstić information content (AvgIpc) is 3.29. The fourth-order valence-electron chi connectivity index (χ4n) is 3.16. The minimum atomic E-state index is -3.12. The number of hydrogen-bond acceptors (Lipinski definition) is 6. The number of rotatable bonds is 3. The molecule has 1 aromatic carbocycles. The molecule has 1 atom stereocenters. The molecule has 0 N–H and O–H groups in total. The van der Waals surface area contributed by atoms with Crippen LogP contribution in [-0.4, -0.2) is 41.1 Å². The van der Waals surface area contributed by atoms with Gasteiger partial charge in [-0.05, 0) is 36.8 Å². The largest absolute Gasteiger partial charge is 0.457 e. The smallest absolute Gasteiger partial charge is 0.266 e. The molecule has 4 rings (SSSR count). The summed E-state index contributed by atoms with van der Waals surface area (Å²) in [6, 6.07) is 8.13. The molecule has 2 aliphatic rings. The van der Waals surface area contributed by atoms with Crippen molar-refractivity contribution in [2.24, 2.45) is 0 Å². The van der Waals surface area contributed by atoms with Crippen LogP contribution in [0.5, 0.6) is 0 Å². The van der Waals surface area contributed by atoms with E-state index in [-0.39, 0.29) is 17.4 Å². The van der Waals surface area contributed by atoms with Crippen LogP contribution < -0.4 is 0 Å². The maximum absolute atomic E-state index is 12.8. The Balaban J connectivity index is 1.59. The molecule has 1 amide bonds. The normalized spacial score (nSPS) is 23.1. The number of furan rings is 1. The molecule has 2 aliphatic heterocycles. The quantitative estimate of drug-likeness (QED) is 0.477. The Morgan fingerprint density at radius 3 is 2.75 bits per heavy atom. The summed E-state index contributed by atoms with van der Waals surface area (Å²) < 4.78 is 29.6. The molecule has 0 saturated carbocycles. The first kappa shape index (κ1) is 20.0. The van der Waals surface area contributed by atoms with Crippen molar-refractivity contribution in [3.8, 4) is 11.3 Å². The van der Waals surface area contributed by atoms with Gasteiger partial charge < -0.3 is 4.42 Å². The van der Waals surface area contributed by atoms with E-state index in [2.05, 4.69) is 0 Å². The number of amides is 1. The number of carbonyl (C=O) groups is 1. The number of nitrogens with zero attached hydrogens (tertiary/aromatic N) is 1. The van der Waals surface area contributed by atoms with Crippen LogP contribution >= 0.6 is 47.2 Å². The Labute approximate surface area is 181 Å². The van der Waals surface area contributed by atoms with Crippen LogP contribution in [0.2, 0.25) is 10.0 Å². The van der Waals surface area contributed by atoms with Gasteiger partial charge in [-0.15, -0.1) is 0 Å². The Bertz CT molecular complexity index is 1120. The van der Waals surface area contributed by atoms with Crippen LogP contribution in [-0.2, 0) is 14.6 Å². The van der Waals surface area contributed by atoms with Gasteiger partial charge in [0.2, 0.25) is 0 Å². The third kappa shape index (κ3) is 3.89. The molecule has 0 bridgehead atoms. The van der Waals surface area contributed by atoms with Crippen molar-refractivity contribution < 1.29 is 17.6 Å². The van der Waals surface area contributed by atoms with Crippen molar-refractivity contribution in [1.82, 2.24) is 4.90 Å². The second-order valence-electron chi connectivity index (χ2n) is 6.43. The third-order valence-electron chi connectivity index (χ3n) is 4.49. The summed E-state index contributed by atoms with van der Waals surface area (Å²) in [4.78, 5) is 14.6. The van der Waals surface area contributed by atoms with Gasteiger partial charge in [-0.2, -0.15) is 0 Å². The molecule has 2 aromatic rings. The minimum absolute atomic E-state index is 0.0507. The number of carbonyl (C=O) groups excluding carboxylic acids is 1. The zero-order valence-corrected chi connectivity index (χ0v) is 18.2. The third-order valence-corrected chi connectivity index (χ3v) is 8.14. The molecule has 10 heteroatoms. The lowest BCUT2D eigenvalue weighted by Gasteiger charge is -2.20. The predicted molar refractivity (Wildman–Crippen MR) is 116 cm³/mol. The van der Waals surface area contributed by atoms with Crippen molar-refractivity contribution in [1.29, 1.82) is 0 Å². The van der Waals surface area contributed by atoms with E-state index >= 15 is 0 Å². The highest BCUT2D eigenvalue weighted by Gasteiger charge is 2.42. The van der Waals surface area contributed by atoms with E-state index in [0.29, 0.717) is 42.8 Å². The van der Waals surface area contributed by atoms with Crippen LogP contribution in [0.25, 0.3) is 17.4 Å². The minimum Gasteiger partial charge on any atom is -0.457 e. The number of halogens is 2. The van der Waals surface area contributed by atoms with Crippen molar-refractivity contribution in [2.45, 2.75) is 12.5 Å². The maximum Gasteiger partial charge on any atom is 0.266 e. The van der Waals surface area contributed by atoms with Crippen LogP contribution in [0, 0.1) is 0 Å². The lowest BCUT2D eigenvalue weighted by atomic mass is 10.2. The Hall–Kier alpha value is -1.32. The van der Waals surface area contributed by atoms with Gasteiger partial charge in [0, 0.05) is 16.7 Å². The summed E-state index contributed by atoms with van der Waals surface area (Å²) in [5.41, 5.74) is 0.650. The van der Waals surface area contributed by atoms with E-state index in [1.807, 2.05) is 0 Å². The van der Waals surface area contributed by atoms with E-state index in [1.165, 1.54) is 4.90 Å². The lowest BCUT2D eigenvalue weighted by molar-refractivity contribution is -0.123. The Morgan fingerprint density at radius 1 is 1.25 bits per heavy atom. The molecule has 146 valence electrons. The van der Waals surface area contributed by atoms with Gasteiger partial charge in [-0.25, -0.2) is 8.42 Å². The second kappa shape index (κ2) is 7.50. The Kier molecular flexibility index (Phi) is 5.35. The number of thioether (sulfide) groups is 1. The van der Waals surface area contributed by atoms with E-state index in [1.54, 1.807) is 36.4 Å². The van der Waals surface area contributed by atoms with Crippen LogP contribution in [0.1, 0.15) is 12.2 Å². The first-order chi connectivity index (χ1) is 13.2. The molecule has 1 aromatic heterocycles. The summed E-state index contributed by atoms with van der Waals surface area (Å²) in [5, 5.41) is 1.03. The SMILES string of the molecule is O=C1/C(=C\c2ccc(-c3cc(Cl)ccc3Cl)o2)SC(=S)N1C1CCS(=O)(=O)C1. The van der Waals surface area contributed by atoms with Gasteiger partial charge in [0.05, 0.1) is 27.5 Å². The van der Waals surface area contributed by atoms with Gasteiger partial charge in [0.15, 0.2) is 9.84 Å². The first-order valence-electron chi connectivity index (χ1n) is 8.26. The molecule has 0 spiro atoms. The molecule has 2 saturated heterocycles. The van der Waals surface area contributed by atoms with E-state index < -0.39 is 15.9 Å². The highest BCUT2D eigenvalue weighted by atomic mass is 35.5. The van der Waals surface area contributed by atoms with Crippen LogP contribution in [0.15, 0.2) is 39.7 Å². The number of thiocarbonyl (C=S) groups is 1. The fourth-order valence-corrected chi connectivity index (χ4v) is 6.63. The summed E-state index contributed by atoms with van der Waals surface area (Å²) in [6.07, 6.45) is 2.00. The average molecular weight is 474 g/mol. The lowest BCUT2D eigenvalue weighted by Crippen LogP contribution is -2.39. The van der Waals surface area contributed by atoms with Crippen molar-refractivity contribution in [2.75, 3.05) is 11.5 Å². The molecule has 28 heavy (non-hydrogen) atoms. The fraction of sp³-hybridized carbons (Fsp3) is 0.222. The summed E-state index contributed by atoms with van der Waals surface area (Å²) in [6.45, 7) is 0. The van der Waals surface area contributed by atoms with Gasteiger partial charge >= 0.3 is 0 Å². The molecule has 1 unspecified atom stereocenters. The zero-order chi connectivity index (χ0) is 20.1. The zero-order valence-electron chi connectivity index (χ0n) is 14.2. The molecular weight excluding hydrogens is 461 g/mol.